The van der Waals surface area contributed by atoms with Gasteiger partial charge < -0.3 is 14.3 Å². The minimum atomic E-state index is -0.529. The van der Waals surface area contributed by atoms with E-state index >= 15 is 0 Å². The number of aldehydes is 1. The van der Waals surface area contributed by atoms with Crippen molar-refractivity contribution in [3.63, 3.8) is 0 Å². The second-order valence-electron chi connectivity index (χ2n) is 4.48. The molecule has 1 saturated heterocycles. The summed E-state index contributed by atoms with van der Waals surface area (Å²) in [6.45, 7) is 1.87. The van der Waals surface area contributed by atoms with Crippen LogP contribution in [0.1, 0.15) is 32.6 Å². The van der Waals surface area contributed by atoms with Crippen LogP contribution in [-0.2, 0) is 14.3 Å². The molecule has 1 saturated carbocycles. The van der Waals surface area contributed by atoms with E-state index in [1.807, 2.05) is 6.92 Å². The molecule has 3 heteroatoms. The monoisotopic (exact) mass is 184 g/mol. The van der Waals surface area contributed by atoms with Crippen molar-refractivity contribution in [3.05, 3.63) is 0 Å². The van der Waals surface area contributed by atoms with Crippen LogP contribution in [0.5, 0.6) is 0 Å². The highest BCUT2D eigenvalue weighted by Crippen LogP contribution is 2.49. The molecule has 0 radical (unpaired) electrons. The number of rotatable bonds is 2. The summed E-state index contributed by atoms with van der Waals surface area (Å²) in [7, 11) is 1.73. The fourth-order valence-corrected chi connectivity index (χ4v) is 2.38. The first-order chi connectivity index (χ1) is 6.11. The lowest BCUT2D eigenvalue weighted by Crippen LogP contribution is -2.49. The minimum Gasteiger partial charge on any atom is -0.381 e. The molecule has 1 aliphatic carbocycles. The SMILES string of the molecule is COC1CC2(CCC(C)(C=O)O2)C1. The smallest absolute Gasteiger partial charge is 0.151 e. The second-order valence-corrected chi connectivity index (χ2v) is 4.48. The minimum absolute atomic E-state index is 0.0314. The molecule has 0 aromatic rings. The molecule has 2 fully saturated rings. The molecular formula is C10H16O3. The topological polar surface area (TPSA) is 35.5 Å². The Labute approximate surface area is 78.4 Å². The molecule has 1 heterocycles. The van der Waals surface area contributed by atoms with Gasteiger partial charge in [-0.2, -0.15) is 0 Å². The van der Waals surface area contributed by atoms with Crippen LogP contribution in [0.15, 0.2) is 0 Å². The number of carbonyl (C=O) groups excluding carboxylic acids is 1. The first kappa shape index (κ1) is 9.16. The molecule has 0 amide bonds. The van der Waals surface area contributed by atoms with Crippen molar-refractivity contribution < 1.29 is 14.3 Å². The molecule has 13 heavy (non-hydrogen) atoms. The van der Waals surface area contributed by atoms with Crippen molar-refractivity contribution in [1.82, 2.24) is 0 Å². The summed E-state index contributed by atoms with van der Waals surface area (Å²) in [5.74, 6) is 0. The Kier molecular flexibility index (Phi) is 1.96. The molecule has 2 rings (SSSR count). The molecule has 1 spiro atoms. The van der Waals surface area contributed by atoms with Crippen LogP contribution in [0.4, 0.5) is 0 Å². The van der Waals surface area contributed by atoms with Gasteiger partial charge in [0.1, 0.15) is 5.60 Å². The molecule has 2 aliphatic rings. The van der Waals surface area contributed by atoms with Gasteiger partial charge in [-0.3, -0.25) is 0 Å². The Hall–Kier alpha value is -0.410. The van der Waals surface area contributed by atoms with Gasteiger partial charge in [0.15, 0.2) is 6.29 Å². The molecule has 0 bridgehead atoms. The summed E-state index contributed by atoms with van der Waals surface area (Å²) in [5.41, 5.74) is -0.560. The predicted octanol–water partition coefficient (Wildman–Crippen LogP) is 1.30. The lowest BCUT2D eigenvalue weighted by molar-refractivity contribution is -0.181. The van der Waals surface area contributed by atoms with Crippen molar-refractivity contribution in [1.29, 1.82) is 0 Å². The van der Waals surface area contributed by atoms with E-state index in [1.165, 1.54) is 0 Å². The van der Waals surface area contributed by atoms with E-state index in [9.17, 15) is 4.79 Å². The summed E-state index contributed by atoms with van der Waals surface area (Å²) < 4.78 is 11.0. The predicted molar refractivity (Wildman–Crippen MR) is 47.6 cm³/mol. The fraction of sp³-hybridized carbons (Fsp3) is 0.900. The second kappa shape index (κ2) is 2.79. The van der Waals surface area contributed by atoms with Crippen LogP contribution in [0.3, 0.4) is 0 Å². The third-order valence-corrected chi connectivity index (χ3v) is 3.31. The van der Waals surface area contributed by atoms with Crippen molar-refractivity contribution in [2.45, 2.75) is 49.9 Å². The first-order valence-electron chi connectivity index (χ1n) is 4.81. The van der Waals surface area contributed by atoms with Crippen molar-refractivity contribution in [2.75, 3.05) is 7.11 Å². The average molecular weight is 184 g/mol. The van der Waals surface area contributed by atoms with Crippen LogP contribution in [0.2, 0.25) is 0 Å². The van der Waals surface area contributed by atoms with Gasteiger partial charge in [0.25, 0.3) is 0 Å². The van der Waals surface area contributed by atoms with E-state index < -0.39 is 5.60 Å². The Balaban J connectivity index is 1.96. The number of carbonyl (C=O) groups is 1. The molecule has 1 unspecified atom stereocenters. The molecule has 3 nitrogen and oxygen atoms in total. The van der Waals surface area contributed by atoms with Crippen LogP contribution >= 0.6 is 0 Å². The number of hydrogen-bond donors (Lipinski definition) is 0. The van der Waals surface area contributed by atoms with E-state index in [1.54, 1.807) is 7.11 Å². The molecule has 0 N–H and O–H groups in total. The summed E-state index contributed by atoms with van der Waals surface area (Å²) >= 11 is 0. The quantitative estimate of drug-likeness (QED) is 0.607. The van der Waals surface area contributed by atoms with Crippen LogP contribution < -0.4 is 0 Å². The zero-order valence-corrected chi connectivity index (χ0v) is 8.21. The fourth-order valence-electron chi connectivity index (χ4n) is 2.38. The van der Waals surface area contributed by atoms with Crippen LogP contribution in [0.25, 0.3) is 0 Å². The highest BCUT2D eigenvalue weighted by molar-refractivity contribution is 5.62. The average Bonchev–Trinajstić information content (AvgIpc) is 2.42. The molecule has 0 aromatic carbocycles. The van der Waals surface area contributed by atoms with E-state index in [2.05, 4.69) is 0 Å². The molecule has 0 aromatic heterocycles. The Morgan fingerprint density at radius 3 is 2.62 bits per heavy atom. The van der Waals surface area contributed by atoms with Gasteiger partial charge in [-0.25, -0.2) is 0 Å². The van der Waals surface area contributed by atoms with Gasteiger partial charge in [-0.05, 0) is 19.8 Å². The standard InChI is InChI=1S/C10H16O3/c1-9(7-11)3-4-10(13-9)5-8(6-10)12-2/h7-8H,3-6H2,1-2H3. The lowest BCUT2D eigenvalue weighted by atomic mass is 9.75. The number of ether oxygens (including phenoxy) is 2. The molecule has 74 valence electrons. The van der Waals surface area contributed by atoms with Crippen LogP contribution in [-0.4, -0.2) is 30.7 Å². The van der Waals surface area contributed by atoms with E-state index in [0.717, 1.165) is 32.0 Å². The van der Waals surface area contributed by atoms with E-state index in [0.29, 0.717) is 6.10 Å². The maximum atomic E-state index is 10.8. The summed E-state index contributed by atoms with van der Waals surface area (Å²) in [5, 5.41) is 0. The largest absolute Gasteiger partial charge is 0.381 e. The van der Waals surface area contributed by atoms with E-state index in [-0.39, 0.29) is 5.60 Å². The maximum Gasteiger partial charge on any atom is 0.151 e. The Morgan fingerprint density at radius 1 is 1.46 bits per heavy atom. The summed E-state index contributed by atoms with van der Waals surface area (Å²) in [4.78, 5) is 10.8. The zero-order chi connectivity index (χ0) is 9.53. The van der Waals surface area contributed by atoms with Crippen LogP contribution in [0, 0.1) is 0 Å². The number of hydrogen-bond acceptors (Lipinski definition) is 3. The third-order valence-electron chi connectivity index (χ3n) is 3.31. The van der Waals surface area contributed by atoms with E-state index in [4.69, 9.17) is 9.47 Å². The van der Waals surface area contributed by atoms with Gasteiger partial charge in [0, 0.05) is 20.0 Å². The maximum absolute atomic E-state index is 10.8. The highest BCUT2D eigenvalue weighted by Gasteiger charge is 2.54. The summed E-state index contributed by atoms with van der Waals surface area (Å²) in [6.07, 6.45) is 5.03. The molecule has 1 aliphatic heterocycles. The third kappa shape index (κ3) is 1.40. The first-order valence-corrected chi connectivity index (χ1v) is 4.81. The van der Waals surface area contributed by atoms with Gasteiger partial charge >= 0.3 is 0 Å². The van der Waals surface area contributed by atoms with Gasteiger partial charge in [0.2, 0.25) is 0 Å². The zero-order valence-electron chi connectivity index (χ0n) is 8.21. The Morgan fingerprint density at radius 2 is 2.15 bits per heavy atom. The van der Waals surface area contributed by atoms with Crippen molar-refractivity contribution in [3.8, 4) is 0 Å². The van der Waals surface area contributed by atoms with Gasteiger partial charge in [0.05, 0.1) is 11.7 Å². The lowest BCUT2D eigenvalue weighted by Gasteiger charge is -2.44. The number of methoxy groups -OCH3 is 1. The normalized spacial score (nSPS) is 49.2. The van der Waals surface area contributed by atoms with Crippen molar-refractivity contribution in [2.24, 2.45) is 0 Å². The van der Waals surface area contributed by atoms with Crippen molar-refractivity contribution >= 4 is 6.29 Å². The molecular weight excluding hydrogens is 168 g/mol. The van der Waals surface area contributed by atoms with Gasteiger partial charge in [-0.15, -0.1) is 0 Å². The molecule has 1 atom stereocenters. The highest BCUT2D eigenvalue weighted by atomic mass is 16.5. The summed E-state index contributed by atoms with van der Waals surface area (Å²) in [6, 6.07) is 0. The Bertz CT molecular complexity index is 220. The van der Waals surface area contributed by atoms with Gasteiger partial charge in [-0.1, -0.05) is 0 Å².